The molecule has 2 aliphatic carbocycles. The van der Waals surface area contributed by atoms with Gasteiger partial charge in [0.05, 0.1) is 0 Å². The number of ketones is 2. The predicted octanol–water partition coefficient (Wildman–Crippen LogP) is 6.69. The number of anilines is 1. The number of Topliss-reactive ketones (excluding diaryl/α,β-unsaturated/α-hetero) is 2. The van der Waals surface area contributed by atoms with Gasteiger partial charge in [-0.3, -0.25) is 9.59 Å². The molecule has 1 aliphatic heterocycles. The Morgan fingerprint density at radius 2 is 1.21 bits per heavy atom. The Morgan fingerprint density at radius 1 is 0.727 bits per heavy atom. The molecule has 2 saturated carbocycles. The Bertz CT molecular complexity index is 1010. The molecule has 3 fully saturated rings. The number of hydrogen-bond acceptors (Lipinski definition) is 3. The zero-order valence-electron chi connectivity index (χ0n) is 20.1. The van der Waals surface area contributed by atoms with Gasteiger partial charge in [-0.05, 0) is 53.5 Å². The van der Waals surface area contributed by atoms with E-state index in [2.05, 4.69) is 56.9 Å². The van der Waals surface area contributed by atoms with Crippen LogP contribution in [0, 0.1) is 22.7 Å². The van der Waals surface area contributed by atoms with Crippen molar-refractivity contribution in [1.29, 1.82) is 0 Å². The standard InChI is InChI=1S/C29H34ClNO2/c1-28(2)14-21-26(23(32)16-28)25(18-10-12-19(30)13-11-18)27-22(15-29(3,4)17-24(27)33)31(21)20-8-6-5-7-9-20/h5-13,21-22,25-27H,14-17H2,1-4H3. The maximum atomic E-state index is 13.8. The Kier molecular flexibility index (Phi) is 5.47. The van der Waals surface area contributed by atoms with Crippen molar-refractivity contribution in [2.75, 3.05) is 4.90 Å². The highest BCUT2D eigenvalue weighted by atomic mass is 35.5. The molecule has 2 aromatic carbocycles. The third-order valence-electron chi connectivity index (χ3n) is 8.20. The third kappa shape index (κ3) is 4.03. The lowest BCUT2D eigenvalue weighted by Gasteiger charge is -2.60. The SMILES string of the molecule is CC1(C)CC(=O)C2C(c3ccc(Cl)cc3)C3C(=O)CC(C)(C)CC3N(c3ccccc3)C2C1. The van der Waals surface area contributed by atoms with E-state index in [0.29, 0.717) is 29.4 Å². The fourth-order valence-corrected chi connectivity index (χ4v) is 7.24. The van der Waals surface area contributed by atoms with E-state index < -0.39 is 0 Å². The molecule has 3 nitrogen and oxygen atoms in total. The molecule has 0 amide bonds. The van der Waals surface area contributed by atoms with E-state index in [0.717, 1.165) is 24.1 Å². The molecule has 5 rings (SSSR count). The van der Waals surface area contributed by atoms with Gasteiger partial charge in [0, 0.05) is 53.4 Å². The third-order valence-corrected chi connectivity index (χ3v) is 8.45. The van der Waals surface area contributed by atoms with Crippen molar-refractivity contribution in [2.45, 2.75) is 71.4 Å². The number of piperidine rings is 1. The average molecular weight is 464 g/mol. The van der Waals surface area contributed by atoms with Crippen LogP contribution in [0.5, 0.6) is 0 Å². The maximum Gasteiger partial charge on any atom is 0.139 e. The minimum Gasteiger partial charge on any atom is -0.364 e. The van der Waals surface area contributed by atoms with Gasteiger partial charge in [0.1, 0.15) is 11.6 Å². The largest absolute Gasteiger partial charge is 0.364 e. The molecule has 0 aromatic heterocycles. The molecule has 2 aromatic rings. The summed E-state index contributed by atoms with van der Waals surface area (Å²) in [6, 6.07) is 18.5. The first-order chi connectivity index (χ1) is 15.6. The lowest BCUT2D eigenvalue weighted by molar-refractivity contribution is -0.138. The molecule has 3 aliphatic rings. The molecule has 0 bridgehead atoms. The van der Waals surface area contributed by atoms with Crippen molar-refractivity contribution in [2.24, 2.45) is 22.7 Å². The molecule has 4 unspecified atom stereocenters. The van der Waals surface area contributed by atoms with Gasteiger partial charge in [0.15, 0.2) is 0 Å². The molecule has 0 spiro atoms. The van der Waals surface area contributed by atoms with Crippen LogP contribution < -0.4 is 4.90 Å². The minimum atomic E-state index is -0.189. The molecule has 4 atom stereocenters. The van der Waals surface area contributed by atoms with Crippen molar-refractivity contribution in [3.05, 3.63) is 65.2 Å². The number of rotatable bonds is 2. The number of para-hydroxylation sites is 1. The molecular weight excluding hydrogens is 430 g/mol. The highest BCUT2D eigenvalue weighted by Gasteiger charge is 2.59. The van der Waals surface area contributed by atoms with Crippen LogP contribution in [0.1, 0.15) is 64.9 Å². The number of hydrogen-bond donors (Lipinski definition) is 0. The lowest BCUT2D eigenvalue weighted by Crippen LogP contribution is -2.66. The topological polar surface area (TPSA) is 37.4 Å². The maximum absolute atomic E-state index is 13.8. The second-order valence-electron chi connectivity index (χ2n) is 12.0. The molecule has 0 radical (unpaired) electrons. The molecule has 33 heavy (non-hydrogen) atoms. The number of benzene rings is 2. The van der Waals surface area contributed by atoms with E-state index in [1.807, 2.05) is 30.3 Å². The Hall–Kier alpha value is -2.13. The van der Waals surface area contributed by atoms with Crippen LogP contribution >= 0.6 is 11.6 Å². The number of carbonyl (C=O) groups excluding carboxylic acids is 2. The van der Waals surface area contributed by atoms with Gasteiger partial charge >= 0.3 is 0 Å². The van der Waals surface area contributed by atoms with Gasteiger partial charge in [-0.2, -0.15) is 0 Å². The summed E-state index contributed by atoms with van der Waals surface area (Å²) in [6.45, 7) is 8.85. The van der Waals surface area contributed by atoms with Crippen LogP contribution in [0.4, 0.5) is 5.69 Å². The highest BCUT2D eigenvalue weighted by molar-refractivity contribution is 6.30. The van der Waals surface area contributed by atoms with E-state index in [1.165, 1.54) is 0 Å². The van der Waals surface area contributed by atoms with E-state index in [9.17, 15) is 9.59 Å². The normalized spacial score (nSPS) is 32.8. The van der Waals surface area contributed by atoms with Gasteiger partial charge in [0.2, 0.25) is 0 Å². The molecule has 174 valence electrons. The zero-order valence-corrected chi connectivity index (χ0v) is 20.8. The van der Waals surface area contributed by atoms with Gasteiger partial charge in [-0.1, -0.05) is 69.6 Å². The summed E-state index contributed by atoms with van der Waals surface area (Å²) in [7, 11) is 0. The zero-order chi connectivity index (χ0) is 23.5. The number of carbonyl (C=O) groups is 2. The first-order valence-corrected chi connectivity index (χ1v) is 12.6. The summed E-state index contributed by atoms with van der Waals surface area (Å²) in [5, 5.41) is 0.681. The van der Waals surface area contributed by atoms with E-state index in [-0.39, 0.29) is 40.7 Å². The molecular formula is C29H34ClNO2. The van der Waals surface area contributed by atoms with Crippen molar-refractivity contribution in [1.82, 2.24) is 0 Å². The monoisotopic (exact) mass is 463 g/mol. The molecule has 1 heterocycles. The van der Waals surface area contributed by atoms with E-state index in [1.54, 1.807) is 0 Å². The summed E-state index contributed by atoms with van der Waals surface area (Å²) in [5.74, 6) is 0.127. The molecule has 1 saturated heterocycles. The Balaban J connectivity index is 1.71. The van der Waals surface area contributed by atoms with Crippen molar-refractivity contribution in [3.8, 4) is 0 Å². The lowest BCUT2D eigenvalue weighted by atomic mass is 9.53. The van der Waals surface area contributed by atoms with Crippen LogP contribution in [0.2, 0.25) is 5.02 Å². The molecule has 4 heteroatoms. The summed E-state index contributed by atoms with van der Waals surface area (Å²) in [6.07, 6.45) is 3.02. The summed E-state index contributed by atoms with van der Waals surface area (Å²) >= 11 is 6.22. The smallest absolute Gasteiger partial charge is 0.139 e. The Morgan fingerprint density at radius 3 is 1.70 bits per heavy atom. The first-order valence-electron chi connectivity index (χ1n) is 12.2. The van der Waals surface area contributed by atoms with Gasteiger partial charge in [0.25, 0.3) is 0 Å². The van der Waals surface area contributed by atoms with Gasteiger partial charge in [-0.15, -0.1) is 0 Å². The predicted molar refractivity (Wildman–Crippen MR) is 134 cm³/mol. The number of halogens is 1. The highest BCUT2D eigenvalue weighted by Crippen LogP contribution is 2.56. The first kappa shape index (κ1) is 22.7. The number of nitrogens with zero attached hydrogens (tertiary/aromatic N) is 1. The summed E-state index contributed by atoms with van der Waals surface area (Å²) in [5.41, 5.74) is 2.10. The minimum absolute atomic E-state index is 0.0587. The van der Waals surface area contributed by atoms with Gasteiger partial charge < -0.3 is 4.90 Å². The van der Waals surface area contributed by atoms with E-state index in [4.69, 9.17) is 11.6 Å². The average Bonchev–Trinajstić information content (AvgIpc) is 2.72. The van der Waals surface area contributed by atoms with Crippen LogP contribution in [-0.2, 0) is 9.59 Å². The van der Waals surface area contributed by atoms with Crippen LogP contribution in [0.25, 0.3) is 0 Å². The van der Waals surface area contributed by atoms with Crippen LogP contribution in [0.3, 0.4) is 0 Å². The number of fused-ring (bicyclic) bond motifs is 2. The quantitative estimate of drug-likeness (QED) is 0.497. The fourth-order valence-electron chi connectivity index (χ4n) is 7.11. The second-order valence-corrected chi connectivity index (χ2v) is 12.5. The Labute approximate surface area is 202 Å². The van der Waals surface area contributed by atoms with Crippen molar-refractivity contribution < 1.29 is 9.59 Å². The summed E-state index contributed by atoms with van der Waals surface area (Å²) < 4.78 is 0. The van der Waals surface area contributed by atoms with Crippen LogP contribution in [-0.4, -0.2) is 23.7 Å². The summed E-state index contributed by atoms with van der Waals surface area (Å²) in [4.78, 5) is 30.1. The van der Waals surface area contributed by atoms with Crippen molar-refractivity contribution in [3.63, 3.8) is 0 Å². The van der Waals surface area contributed by atoms with Crippen LogP contribution in [0.15, 0.2) is 54.6 Å². The molecule has 0 N–H and O–H groups in total. The second kappa shape index (κ2) is 7.98. The van der Waals surface area contributed by atoms with E-state index >= 15 is 0 Å². The fraction of sp³-hybridized carbons (Fsp3) is 0.517. The van der Waals surface area contributed by atoms with Gasteiger partial charge in [-0.25, -0.2) is 0 Å². The van der Waals surface area contributed by atoms with Crippen molar-refractivity contribution >= 4 is 28.9 Å².